The van der Waals surface area contributed by atoms with Crippen LogP contribution in [0.1, 0.15) is 37.9 Å². The summed E-state index contributed by atoms with van der Waals surface area (Å²) in [4.78, 5) is 4.33. The monoisotopic (exact) mass is 527 g/mol. The van der Waals surface area contributed by atoms with Crippen LogP contribution in [-0.4, -0.2) is 33.0 Å². The Morgan fingerprint density at radius 2 is 1.77 bits per heavy atom. The van der Waals surface area contributed by atoms with E-state index < -0.39 is 0 Å². The molecule has 0 radical (unpaired) electrons. The quantitative estimate of drug-likeness (QED) is 0.304. The number of guanidine groups is 1. The molecule has 0 aliphatic carbocycles. The SMILES string of the molecule is CCOc1ccc(C(C)NC(=NC)NCc2ccc3c(c2)OCO3)cc1OCC.I. The van der Waals surface area contributed by atoms with Gasteiger partial charge in [0.2, 0.25) is 6.79 Å². The molecule has 2 aromatic rings. The van der Waals surface area contributed by atoms with E-state index in [1.165, 1.54) is 0 Å². The lowest BCUT2D eigenvalue weighted by molar-refractivity contribution is 0.174. The number of rotatable bonds is 8. The summed E-state index contributed by atoms with van der Waals surface area (Å²) in [6, 6.07) is 11.9. The Kier molecular flexibility index (Phi) is 9.35. The van der Waals surface area contributed by atoms with Crippen molar-refractivity contribution >= 4 is 29.9 Å². The Morgan fingerprint density at radius 3 is 2.50 bits per heavy atom. The second-order valence-electron chi connectivity index (χ2n) is 6.55. The average Bonchev–Trinajstić information content (AvgIpc) is 3.20. The molecule has 0 aromatic heterocycles. The number of nitrogens with zero attached hydrogens (tertiary/aromatic N) is 1. The summed E-state index contributed by atoms with van der Waals surface area (Å²) in [5.41, 5.74) is 2.17. The van der Waals surface area contributed by atoms with Crippen LogP contribution in [0, 0.1) is 0 Å². The molecule has 1 heterocycles. The Bertz CT molecular complexity index is 860. The molecule has 0 saturated carbocycles. The van der Waals surface area contributed by atoms with Gasteiger partial charge in [-0.05, 0) is 56.2 Å². The zero-order valence-corrected chi connectivity index (χ0v) is 20.2. The molecule has 7 nitrogen and oxygen atoms in total. The van der Waals surface area contributed by atoms with Gasteiger partial charge < -0.3 is 29.6 Å². The first-order valence-corrected chi connectivity index (χ1v) is 9.89. The van der Waals surface area contributed by atoms with Crippen molar-refractivity contribution < 1.29 is 18.9 Å². The fourth-order valence-electron chi connectivity index (χ4n) is 3.06. The number of hydrogen-bond donors (Lipinski definition) is 2. The van der Waals surface area contributed by atoms with Gasteiger partial charge in [0, 0.05) is 13.6 Å². The van der Waals surface area contributed by atoms with E-state index in [4.69, 9.17) is 18.9 Å². The van der Waals surface area contributed by atoms with Gasteiger partial charge in [-0.3, -0.25) is 4.99 Å². The third-order valence-electron chi connectivity index (χ3n) is 4.54. The molecule has 8 heteroatoms. The van der Waals surface area contributed by atoms with Gasteiger partial charge in [-0.1, -0.05) is 12.1 Å². The number of benzene rings is 2. The highest BCUT2D eigenvalue weighted by Gasteiger charge is 2.15. The van der Waals surface area contributed by atoms with Gasteiger partial charge in [0.05, 0.1) is 19.3 Å². The van der Waals surface area contributed by atoms with E-state index >= 15 is 0 Å². The Morgan fingerprint density at radius 1 is 1.03 bits per heavy atom. The van der Waals surface area contributed by atoms with Crippen molar-refractivity contribution in [2.75, 3.05) is 27.1 Å². The zero-order valence-electron chi connectivity index (χ0n) is 17.9. The maximum absolute atomic E-state index is 5.73. The molecular formula is C22H30IN3O4. The first kappa shape index (κ1) is 23.9. The minimum absolute atomic E-state index is 0. The lowest BCUT2D eigenvalue weighted by Gasteiger charge is -2.20. The molecule has 1 aliphatic rings. The standard InChI is InChI=1S/C22H29N3O4.HI/c1-5-26-18-10-8-17(12-21(18)27-6-2)15(3)25-22(23-4)24-13-16-7-9-19-20(11-16)29-14-28-19;/h7-12,15H,5-6,13-14H2,1-4H3,(H2,23,24,25);1H. The molecule has 1 unspecified atom stereocenters. The molecule has 2 N–H and O–H groups in total. The van der Waals surface area contributed by atoms with Crippen LogP contribution in [0.3, 0.4) is 0 Å². The van der Waals surface area contributed by atoms with Crippen molar-refractivity contribution in [3.63, 3.8) is 0 Å². The van der Waals surface area contributed by atoms with Crippen LogP contribution in [0.5, 0.6) is 23.0 Å². The summed E-state index contributed by atoms with van der Waals surface area (Å²) >= 11 is 0. The lowest BCUT2D eigenvalue weighted by atomic mass is 10.1. The molecule has 1 aliphatic heterocycles. The molecule has 0 spiro atoms. The summed E-state index contributed by atoms with van der Waals surface area (Å²) in [5, 5.41) is 6.75. The van der Waals surface area contributed by atoms with Crippen molar-refractivity contribution in [2.45, 2.75) is 33.4 Å². The first-order chi connectivity index (χ1) is 14.1. The molecule has 1 atom stereocenters. The van der Waals surface area contributed by atoms with E-state index in [9.17, 15) is 0 Å². The molecule has 0 fully saturated rings. The summed E-state index contributed by atoms with van der Waals surface area (Å²) < 4.78 is 22.2. The highest BCUT2D eigenvalue weighted by molar-refractivity contribution is 14.0. The van der Waals surface area contributed by atoms with Crippen LogP contribution >= 0.6 is 24.0 Å². The van der Waals surface area contributed by atoms with Crippen molar-refractivity contribution in [1.82, 2.24) is 10.6 Å². The van der Waals surface area contributed by atoms with E-state index in [0.717, 1.165) is 34.1 Å². The maximum Gasteiger partial charge on any atom is 0.231 e. The van der Waals surface area contributed by atoms with Gasteiger partial charge >= 0.3 is 0 Å². The molecule has 164 valence electrons. The number of fused-ring (bicyclic) bond motifs is 1. The highest BCUT2D eigenvalue weighted by Crippen LogP contribution is 2.32. The van der Waals surface area contributed by atoms with E-state index in [2.05, 4.69) is 22.5 Å². The van der Waals surface area contributed by atoms with Crippen LogP contribution in [0.15, 0.2) is 41.4 Å². The van der Waals surface area contributed by atoms with Gasteiger partial charge in [-0.2, -0.15) is 0 Å². The molecular weight excluding hydrogens is 497 g/mol. The van der Waals surface area contributed by atoms with Crippen LogP contribution in [-0.2, 0) is 6.54 Å². The Hall–Kier alpha value is -2.36. The van der Waals surface area contributed by atoms with Crippen LogP contribution in [0.4, 0.5) is 0 Å². The van der Waals surface area contributed by atoms with E-state index in [1.54, 1.807) is 7.05 Å². The minimum Gasteiger partial charge on any atom is -0.490 e. The predicted octanol–water partition coefficient (Wildman–Crippen LogP) is 4.26. The van der Waals surface area contributed by atoms with Crippen molar-refractivity contribution in [3.8, 4) is 23.0 Å². The first-order valence-electron chi connectivity index (χ1n) is 9.89. The number of ether oxygens (including phenoxy) is 4. The summed E-state index contributed by atoms with van der Waals surface area (Å²) in [5.74, 6) is 3.78. The summed E-state index contributed by atoms with van der Waals surface area (Å²) in [6.07, 6.45) is 0. The Labute approximate surface area is 195 Å². The molecule has 0 saturated heterocycles. The van der Waals surface area contributed by atoms with Gasteiger partial charge in [0.1, 0.15) is 0 Å². The summed E-state index contributed by atoms with van der Waals surface area (Å²) in [6.45, 7) is 8.09. The average molecular weight is 527 g/mol. The van der Waals surface area contributed by atoms with Gasteiger partial charge in [-0.15, -0.1) is 24.0 Å². The predicted molar refractivity (Wildman–Crippen MR) is 129 cm³/mol. The third-order valence-corrected chi connectivity index (χ3v) is 4.54. The number of nitrogens with one attached hydrogen (secondary N) is 2. The Balaban J connectivity index is 0.00000320. The maximum atomic E-state index is 5.73. The number of hydrogen-bond acceptors (Lipinski definition) is 5. The highest BCUT2D eigenvalue weighted by atomic mass is 127. The number of halogens is 1. The molecule has 0 bridgehead atoms. The van der Waals surface area contributed by atoms with E-state index in [0.29, 0.717) is 25.7 Å². The van der Waals surface area contributed by atoms with Crippen molar-refractivity contribution in [2.24, 2.45) is 4.99 Å². The van der Waals surface area contributed by atoms with E-state index in [-0.39, 0.29) is 36.8 Å². The van der Waals surface area contributed by atoms with Gasteiger partial charge in [0.15, 0.2) is 29.0 Å². The van der Waals surface area contributed by atoms with Gasteiger partial charge in [0.25, 0.3) is 0 Å². The molecule has 0 amide bonds. The second-order valence-corrected chi connectivity index (χ2v) is 6.55. The fraction of sp³-hybridized carbons (Fsp3) is 0.409. The minimum atomic E-state index is 0. The number of aliphatic imine (C=N–C) groups is 1. The smallest absolute Gasteiger partial charge is 0.231 e. The molecule has 3 rings (SSSR count). The topological polar surface area (TPSA) is 73.3 Å². The summed E-state index contributed by atoms with van der Waals surface area (Å²) in [7, 11) is 1.76. The van der Waals surface area contributed by atoms with Crippen LogP contribution in [0.25, 0.3) is 0 Å². The van der Waals surface area contributed by atoms with Crippen LogP contribution < -0.4 is 29.6 Å². The van der Waals surface area contributed by atoms with Crippen LogP contribution in [0.2, 0.25) is 0 Å². The van der Waals surface area contributed by atoms with Gasteiger partial charge in [-0.25, -0.2) is 0 Å². The molecule has 2 aromatic carbocycles. The largest absolute Gasteiger partial charge is 0.490 e. The van der Waals surface area contributed by atoms with Crippen molar-refractivity contribution in [3.05, 3.63) is 47.5 Å². The second kappa shape index (κ2) is 11.7. The zero-order chi connectivity index (χ0) is 20.6. The third kappa shape index (κ3) is 6.07. The molecule has 30 heavy (non-hydrogen) atoms. The lowest BCUT2D eigenvalue weighted by Crippen LogP contribution is -2.38. The normalized spacial score (nSPS) is 13.3. The van der Waals surface area contributed by atoms with E-state index in [1.807, 2.05) is 50.2 Å². The van der Waals surface area contributed by atoms with Crippen molar-refractivity contribution in [1.29, 1.82) is 0 Å². The fourth-order valence-corrected chi connectivity index (χ4v) is 3.06.